The van der Waals surface area contributed by atoms with Crippen molar-refractivity contribution in [2.75, 3.05) is 5.32 Å². The molecule has 1 unspecified atom stereocenters. The van der Waals surface area contributed by atoms with Gasteiger partial charge in [-0.3, -0.25) is 0 Å². The van der Waals surface area contributed by atoms with E-state index < -0.39 is 11.6 Å². The molecule has 0 saturated heterocycles. The second-order valence-electron chi connectivity index (χ2n) is 5.79. The summed E-state index contributed by atoms with van der Waals surface area (Å²) >= 11 is 0. The molecule has 21 heavy (non-hydrogen) atoms. The minimum absolute atomic E-state index is 0.0375. The fourth-order valence-corrected chi connectivity index (χ4v) is 2.40. The van der Waals surface area contributed by atoms with Gasteiger partial charge in [0.2, 0.25) is 0 Å². The first-order valence-corrected chi connectivity index (χ1v) is 7.25. The van der Waals surface area contributed by atoms with Crippen LogP contribution in [0.3, 0.4) is 0 Å². The zero-order chi connectivity index (χ0) is 15.4. The molecular formula is C18H21F2N. The standard InChI is InChI=1S/C18H21F2N/c1-12(2)11-16(14-7-5-4-6-8-14)21-18-15(19)10-9-13(3)17(18)20/h4-10,12,16,21H,11H2,1-3H3. The van der Waals surface area contributed by atoms with Gasteiger partial charge in [-0.15, -0.1) is 0 Å². The highest BCUT2D eigenvalue weighted by Gasteiger charge is 2.18. The van der Waals surface area contributed by atoms with E-state index in [1.807, 2.05) is 30.3 Å². The number of anilines is 1. The summed E-state index contributed by atoms with van der Waals surface area (Å²) in [5, 5.41) is 3.05. The number of nitrogens with one attached hydrogen (secondary N) is 1. The first kappa shape index (κ1) is 15.5. The van der Waals surface area contributed by atoms with Gasteiger partial charge in [-0.25, -0.2) is 8.78 Å². The number of hydrogen-bond acceptors (Lipinski definition) is 1. The molecule has 112 valence electrons. The molecule has 0 spiro atoms. The summed E-state index contributed by atoms with van der Waals surface area (Å²) in [6.45, 7) is 5.83. The molecule has 1 N–H and O–H groups in total. The van der Waals surface area contributed by atoms with Gasteiger partial charge in [0.05, 0.1) is 6.04 Å². The molecule has 1 atom stereocenters. The number of rotatable bonds is 5. The van der Waals surface area contributed by atoms with Crippen LogP contribution < -0.4 is 5.32 Å². The summed E-state index contributed by atoms with van der Waals surface area (Å²) in [5.41, 5.74) is 1.44. The topological polar surface area (TPSA) is 12.0 Å². The number of halogens is 2. The Balaban J connectivity index is 2.34. The van der Waals surface area contributed by atoms with Crippen LogP contribution in [0.15, 0.2) is 42.5 Å². The Kier molecular flexibility index (Phi) is 4.94. The van der Waals surface area contributed by atoms with E-state index in [1.165, 1.54) is 12.1 Å². The summed E-state index contributed by atoms with van der Waals surface area (Å²) in [6, 6.07) is 12.4. The van der Waals surface area contributed by atoms with Gasteiger partial charge in [0.15, 0.2) is 5.82 Å². The predicted octanol–water partition coefficient (Wildman–Crippen LogP) is 5.47. The highest BCUT2D eigenvalue weighted by Crippen LogP contribution is 2.30. The molecule has 3 heteroatoms. The Morgan fingerprint density at radius 1 is 1.00 bits per heavy atom. The van der Waals surface area contributed by atoms with Crippen molar-refractivity contribution >= 4 is 5.69 Å². The molecule has 2 aromatic rings. The molecule has 0 heterocycles. The maximum atomic E-state index is 14.2. The van der Waals surface area contributed by atoms with Gasteiger partial charge >= 0.3 is 0 Å². The monoisotopic (exact) mass is 289 g/mol. The zero-order valence-corrected chi connectivity index (χ0v) is 12.7. The molecule has 0 bridgehead atoms. The SMILES string of the molecule is Cc1ccc(F)c(NC(CC(C)C)c2ccccc2)c1F. The fourth-order valence-electron chi connectivity index (χ4n) is 2.40. The lowest BCUT2D eigenvalue weighted by molar-refractivity contribution is 0.519. The minimum Gasteiger partial charge on any atom is -0.373 e. The van der Waals surface area contributed by atoms with Crippen LogP contribution in [0.4, 0.5) is 14.5 Å². The lowest BCUT2D eigenvalue weighted by atomic mass is 9.96. The molecule has 0 aromatic heterocycles. The van der Waals surface area contributed by atoms with Crippen molar-refractivity contribution in [2.24, 2.45) is 5.92 Å². The molecule has 0 radical (unpaired) electrons. The molecule has 2 rings (SSSR count). The zero-order valence-electron chi connectivity index (χ0n) is 12.7. The second-order valence-corrected chi connectivity index (χ2v) is 5.79. The van der Waals surface area contributed by atoms with Crippen LogP contribution in [0.1, 0.15) is 37.4 Å². The van der Waals surface area contributed by atoms with Crippen molar-refractivity contribution in [2.45, 2.75) is 33.2 Å². The molecule has 2 aromatic carbocycles. The van der Waals surface area contributed by atoms with Crippen LogP contribution in [0.2, 0.25) is 0 Å². The van der Waals surface area contributed by atoms with E-state index in [2.05, 4.69) is 19.2 Å². The smallest absolute Gasteiger partial charge is 0.152 e. The van der Waals surface area contributed by atoms with E-state index in [1.54, 1.807) is 6.92 Å². The maximum absolute atomic E-state index is 14.2. The number of hydrogen-bond donors (Lipinski definition) is 1. The van der Waals surface area contributed by atoms with Crippen molar-refractivity contribution in [3.63, 3.8) is 0 Å². The largest absolute Gasteiger partial charge is 0.373 e. The van der Waals surface area contributed by atoms with Gasteiger partial charge in [-0.05, 0) is 36.5 Å². The fraction of sp³-hybridized carbons (Fsp3) is 0.333. The van der Waals surface area contributed by atoms with E-state index in [0.717, 1.165) is 12.0 Å². The molecule has 0 aliphatic rings. The summed E-state index contributed by atoms with van der Waals surface area (Å²) < 4.78 is 28.1. The van der Waals surface area contributed by atoms with Crippen LogP contribution in [0.5, 0.6) is 0 Å². The van der Waals surface area contributed by atoms with Gasteiger partial charge in [0.1, 0.15) is 11.5 Å². The van der Waals surface area contributed by atoms with Gasteiger partial charge in [0, 0.05) is 0 Å². The highest BCUT2D eigenvalue weighted by atomic mass is 19.1. The maximum Gasteiger partial charge on any atom is 0.152 e. The second kappa shape index (κ2) is 6.70. The molecule has 0 saturated carbocycles. The third kappa shape index (κ3) is 3.81. The Labute approximate surface area is 125 Å². The normalized spacial score (nSPS) is 12.5. The van der Waals surface area contributed by atoms with Crippen molar-refractivity contribution in [3.05, 3.63) is 65.2 Å². The molecule has 0 fully saturated rings. The summed E-state index contributed by atoms with van der Waals surface area (Å²) in [4.78, 5) is 0. The average Bonchev–Trinajstić information content (AvgIpc) is 2.47. The van der Waals surface area contributed by atoms with Gasteiger partial charge < -0.3 is 5.32 Å². The van der Waals surface area contributed by atoms with Gasteiger partial charge in [-0.1, -0.05) is 50.2 Å². The van der Waals surface area contributed by atoms with Gasteiger partial charge in [0.25, 0.3) is 0 Å². The van der Waals surface area contributed by atoms with Crippen molar-refractivity contribution < 1.29 is 8.78 Å². The Morgan fingerprint density at radius 2 is 1.67 bits per heavy atom. The van der Waals surface area contributed by atoms with E-state index in [4.69, 9.17) is 0 Å². The van der Waals surface area contributed by atoms with Crippen LogP contribution in [-0.2, 0) is 0 Å². The summed E-state index contributed by atoms with van der Waals surface area (Å²) in [5.74, 6) is -0.652. The van der Waals surface area contributed by atoms with Crippen molar-refractivity contribution in [1.82, 2.24) is 0 Å². The Morgan fingerprint density at radius 3 is 2.29 bits per heavy atom. The van der Waals surface area contributed by atoms with Crippen LogP contribution in [0.25, 0.3) is 0 Å². The molecule has 0 aliphatic heterocycles. The molecular weight excluding hydrogens is 268 g/mol. The lowest BCUT2D eigenvalue weighted by Crippen LogP contribution is -2.15. The van der Waals surface area contributed by atoms with Crippen molar-refractivity contribution in [1.29, 1.82) is 0 Å². The first-order chi connectivity index (χ1) is 9.99. The lowest BCUT2D eigenvalue weighted by Gasteiger charge is -2.23. The van der Waals surface area contributed by atoms with Crippen LogP contribution >= 0.6 is 0 Å². The Bertz CT molecular complexity index is 594. The predicted molar refractivity (Wildman–Crippen MR) is 83.4 cm³/mol. The van der Waals surface area contributed by atoms with E-state index in [9.17, 15) is 8.78 Å². The van der Waals surface area contributed by atoms with Crippen molar-refractivity contribution in [3.8, 4) is 0 Å². The molecule has 0 aliphatic carbocycles. The average molecular weight is 289 g/mol. The summed E-state index contributed by atoms with van der Waals surface area (Å²) in [6.07, 6.45) is 0.802. The number of aryl methyl sites for hydroxylation is 1. The van der Waals surface area contributed by atoms with Crippen LogP contribution in [-0.4, -0.2) is 0 Å². The van der Waals surface area contributed by atoms with Gasteiger partial charge in [-0.2, -0.15) is 0 Å². The van der Waals surface area contributed by atoms with E-state index >= 15 is 0 Å². The van der Waals surface area contributed by atoms with E-state index in [-0.39, 0.29) is 11.7 Å². The quantitative estimate of drug-likeness (QED) is 0.769. The summed E-state index contributed by atoms with van der Waals surface area (Å²) in [7, 11) is 0. The Hall–Kier alpha value is -1.90. The third-order valence-electron chi connectivity index (χ3n) is 3.51. The number of benzene rings is 2. The molecule has 1 nitrogen and oxygen atoms in total. The highest BCUT2D eigenvalue weighted by molar-refractivity contribution is 5.50. The van der Waals surface area contributed by atoms with E-state index in [0.29, 0.717) is 11.5 Å². The molecule has 0 amide bonds. The van der Waals surface area contributed by atoms with Crippen LogP contribution in [0, 0.1) is 24.5 Å². The third-order valence-corrected chi connectivity index (χ3v) is 3.51. The minimum atomic E-state index is -0.553. The first-order valence-electron chi connectivity index (χ1n) is 7.25.